The van der Waals surface area contributed by atoms with E-state index in [2.05, 4.69) is 44.8 Å². The second kappa shape index (κ2) is 4.42. The highest BCUT2D eigenvalue weighted by Crippen LogP contribution is 2.38. The molecule has 5 nitrogen and oxygen atoms in total. The summed E-state index contributed by atoms with van der Waals surface area (Å²) in [6.45, 7) is 1.96. The average Bonchev–Trinajstić information content (AvgIpc) is 2.88. The quantitative estimate of drug-likeness (QED) is 0.736. The van der Waals surface area contributed by atoms with Gasteiger partial charge in [0.25, 0.3) is 0 Å². The average molecular weight is 243 g/mol. The molecule has 3 rings (SSSR count). The second-order valence-corrected chi connectivity index (χ2v) is 4.74. The number of hydrogen-bond acceptors (Lipinski definition) is 4. The van der Waals surface area contributed by atoms with Crippen LogP contribution >= 0.6 is 0 Å². The molecule has 1 saturated heterocycles. The van der Waals surface area contributed by atoms with E-state index >= 15 is 0 Å². The van der Waals surface area contributed by atoms with Gasteiger partial charge in [0.1, 0.15) is 5.82 Å². The molecule has 0 aliphatic carbocycles. The number of anilines is 1. The van der Waals surface area contributed by atoms with Gasteiger partial charge in [-0.05, 0) is 31.5 Å². The minimum Gasteiger partial charge on any atom is -0.367 e. The van der Waals surface area contributed by atoms with Crippen LogP contribution in [0.5, 0.6) is 0 Å². The Morgan fingerprint density at radius 3 is 2.44 bits per heavy atom. The van der Waals surface area contributed by atoms with Crippen LogP contribution in [0.3, 0.4) is 0 Å². The fourth-order valence-electron chi connectivity index (χ4n) is 2.76. The molecule has 1 aliphatic heterocycles. The molecule has 0 unspecified atom stereocenters. The summed E-state index contributed by atoms with van der Waals surface area (Å²) >= 11 is 0. The number of nitrogen functional groups attached to an aromatic ring is 1. The van der Waals surface area contributed by atoms with Crippen LogP contribution in [0.15, 0.2) is 30.3 Å². The van der Waals surface area contributed by atoms with Crippen LogP contribution in [0.25, 0.3) is 0 Å². The first-order valence-electron chi connectivity index (χ1n) is 6.26. The molecule has 1 aromatic carbocycles. The van der Waals surface area contributed by atoms with E-state index in [9.17, 15) is 0 Å². The number of nitrogens with zero attached hydrogens (tertiary/aromatic N) is 2. The summed E-state index contributed by atoms with van der Waals surface area (Å²) in [5.74, 6) is 1.20. The van der Waals surface area contributed by atoms with Crippen molar-refractivity contribution < 1.29 is 0 Å². The van der Waals surface area contributed by atoms with Crippen LogP contribution in [-0.2, 0) is 5.41 Å². The highest BCUT2D eigenvalue weighted by Gasteiger charge is 2.38. The van der Waals surface area contributed by atoms with Gasteiger partial charge in [-0.2, -0.15) is 4.98 Å². The van der Waals surface area contributed by atoms with E-state index in [4.69, 9.17) is 5.73 Å². The topological polar surface area (TPSA) is 79.6 Å². The Morgan fingerprint density at radius 1 is 1.11 bits per heavy atom. The van der Waals surface area contributed by atoms with Crippen molar-refractivity contribution in [3.63, 3.8) is 0 Å². The SMILES string of the molecule is Nc1n[nH]c(C2(c3ccccc3)CCNCC2)n1. The molecule has 94 valence electrons. The van der Waals surface area contributed by atoms with E-state index in [0.29, 0.717) is 5.95 Å². The van der Waals surface area contributed by atoms with E-state index in [1.807, 2.05) is 6.07 Å². The highest BCUT2D eigenvalue weighted by atomic mass is 15.3. The summed E-state index contributed by atoms with van der Waals surface area (Å²) in [6.07, 6.45) is 2.01. The third kappa shape index (κ3) is 1.76. The number of H-pyrrole nitrogens is 1. The van der Waals surface area contributed by atoms with E-state index < -0.39 is 0 Å². The predicted molar refractivity (Wildman–Crippen MR) is 70.1 cm³/mol. The Hall–Kier alpha value is -1.88. The molecule has 1 aromatic heterocycles. The summed E-state index contributed by atoms with van der Waals surface area (Å²) in [7, 11) is 0. The lowest BCUT2D eigenvalue weighted by Gasteiger charge is -2.36. The molecule has 0 atom stereocenters. The standard InChI is InChI=1S/C13H17N5/c14-12-16-11(17-18-12)13(6-8-15-9-7-13)10-4-2-1-3-5-10/h1-5,15H,6-9H2,(H3,14,16,17,18). The fraction of sp³-hybridized carbons (Fsp3) is 0.385. The normalized spacial score (nSPS) is 18.7. The summed E-state index contributed by atoms with van der Waals surface area (Å²) in [5, 5.41) is 10.4. The Morgan fingerprint density at radius 2 is 1.83 bits per heavy atom. The summed E-state index contributed by atoms with van der Waals surface area (Å²) in [6, 6.07) is 10.5. The third-order valence-electron chi connectivity index (χ3n) is 3.74. The maximum Gasteiger partial charge on any atom is 0.239 e. The van der Waals surface area contributed by atoms with Crippen molar-refractivity contribution in [3.8, 4) is 0 Å². The van der Waals surface area contributed by atoms with Gasteiger partial charge in [-0.1, -0.05) is 30.3 Å². The van der Waals surface area contributed by atoms with Crippen molar-refractivity contribution >= 4 is 5.95 Å². The molecule has 0 bridgehead atoms. The maximum atomic E-state index is 5.65. The smallest absolute Gasteiger partial charge is 0.239 e. The van der Waals surface area contributed by atoms with Crippen molar-refractivity contribution in [1.82, 2.24) is 20.5 Å². The molecule has 1 aliphatic rings. The van der Waals surface area contributed by atoms with Crippen LogP contribution in [0.2, 0.25) is 0 Å². The zero-order valence-corrected chi connectivity index (χ0v) is 10.2. The molecular weight excluding hydrogens is 226 g/mol. The maximum absolute atomic E-state index is 5.65. The monoisotopic (exact) mass is 243 g/mol. The van der Waals surface area contributed by atoms with Crippen molar-refractivity contribution in [1.29, 1.82) is 0 Å². The number of rotatable bonds is 2. The molecule has 2 aromatic rings. The summed E-state index contributed by atoms with van der Waals surface area (Å²) in [5.41, 5.74) is 6.85. The summed E-state index contributed by atoms with van der Waals surface area (Å²) < 4.78 is 0. The Balaban J connectivity index is 2.09. The third-order valence-corrected chi connectivity index (χ3v) is 3.74. The zero-order chi connectivity index (χ0) is 12.4. The molecule has 0 spiro atoms. The largest absolute Gasteiger partial charge is 0.367 e. The van der Waals surface area contributed by atoms with Gasteiger partial charge >= 0.3 is 0 Å². The van der Waals surface area contributed by atoms with Crippen LogP contribution in [0, 0.1) is 0 Å². The highest BCUT2D eigenvalue weighted by molar-refractivity contribution is 5.35. The first-order valence-corrected chi connectivity index (χ1v) is 6.26. The first-order chi connectivity index (χ1) is 8.81. The van der Waals surface area contributed by atoms with Gasteiger partial charge in [0, 0.05) is 0 Å². The van der Waals surface area contributed by atoms with Gasteiger partial charge < -0.3 is 11.1 Å². The second-order valence-electron chi connectivity index (χ2n) is 4.74. The van der Waals surface area contributed by atoms with Gasteiger partial charge in [0.05, 0.1) is 5.41 Å². The van der Waals surface area contributed by atoms with Crippen molar-refractivity contribution in [3.05, 3.63) is 41.7 Å². The van der Waals surface area contributed by atoms with Crippen LogP contribution in [-0.4, -0.2) is 28.3 Å². The first kappa shape index (κ1) is 11.2. The van der Waals surface area contributed by atoms with Crippen LogP contribution < -0.4 is 11.1 Å². The molecule has 5 heteroatoms. The number of nitrogens with two attached hydrogens (primary N) is 1. The van der Waals surface area contributed by atoms with E-state index in [-0.39, 0.29) is 5.41 Å². The molecule has 0 amide bonds. The number of aromatic amines is 1. The molecule has 0 saturated carbocycles. The van der Waals surface area contributed by atoms with E-state index in [0.717, 1.165) is 31.8 Å². The molecule has 1 fully saturated rings. The van der Waals surface area contributed by atoms with Gasteiger partial charge in [0.2, 0.25) is 5.95 Å². The number of benzene rings is 1. The Kier molecular flexibility index (Phi) is 2.76. The number of hydrogen-bond donors (Lipinski definition) is 3. The van der Waals surface area contributed by atoms with Crippen LogP contribution in [0.1, 0.15) is 24.2 Å². The van der Waals surface area contributed by atoms with E-state index in [1.54, 1.807) is 0 Å². The number of aromatic nitrogens is 3. The van der Waals surface area contributed by atoms with E-state index in [1.165, 1.54) is 5.56 Å². The number of nitrogens with one attached hydrogen (secondary N) is 2. The van der Waals surface area contributed by atoms with Gasteiger partial charge in [0.15, 0.2) is 0 Å². The number of piperidine rings is 1. The molecule has 0 radical (unpaired) electrons. The van der Waals surface area contributed by atoms with Gasteiger partial charge in [-0.15, -0.1) is 5.10 Å². The predicted octanol–water partition coefficient (Wildman–Crippen LogP) is 1.06. The van der Waals surface area contributed by atoms with Crippen molar-refractivity contribution in [2.75, 3.05) is 18.8 Å². The molecule has 18 heavy (non-hydrogen) atoms. The molecule has 2 heterocycles. The lowest BCUT2D eigenvalue weighted by atomic mass is 9.72. The summed E-state index contributed by atoms with van der Waals surface area (Å²) in [4.78, 5) is 4.37. The fourth-order valence-corrected chi connectivity index (χ4v) is 2.76. The molecular formula is C13H17N5. The van der Waals surface area contributed by atoms with Gasteiger partial charge in [-0.3, -0.25) is 5.10 Å². The minimum absolute atomic E-state index is 0.0862. The van der Waals surface area contributed by atoms with Crippen LogP contribution in [0.4, 0.5) is 5.95 Å². The minimum atomic E-state index is -0.0862. The molecule has 4 N–H and O–H groups in total. The van der Waals surface area contributed by atoms with Crippen molar-refractivity contribution in [2.24, 2.45) is 0 Å². The van der Waals surface area contributed by atoms with Crippen molar-refractivity contribution in [2.45, 2.75) is 18.3 Å². The Labute approximate surface area is 106 Å². The van der Waals surface area contributed by atoms with Gasteiger partial charge in [-0.25, -0.2) is 0 Å². The Bertz CT molecular complexity index is 513. The zero-order valence-electron chi connectivity index (χ0n) is 10.2. The lowest BCUT2D eigenvalue weighted by Crippen LogP contribution is -2.41. The lowest BCUT2D eigenvalue weighted by molar-refractivity contribution is 0.346.